The van der Waals surface area contributed by atoms with Crippen LogP contribution < -0.4 is 9.47 Å². The summed E-state index contributed by atoms with van der Waals surface area (Å²) in [5.74, 6) is 1.15. The molecular formula is C18H16O4. The molecule has 0 aromatic heterocycles. The second kappa shape index (κ2) is 5.93. The van der Waals surface area contributed by atoms with Gasteiger partial charge in [-0.3, -0.25) is 0 Å². The van der Waals surface area contributed by atoms with E-state index in [0.717, 1.165) is 16.9 Å². The molecule has 112 valence electrons. The van der Waals surface area contributed by atoms with E-state index in [0.29, 0.717) is 11.3 Å². The third kappa shape index (κ3) is 2.55. The molecule has 4 nitrogen and oxygen atoms in total. The smallest absolute Gasteiger partial charge is 0.339 e. The number of ether oxygens (including phenoxy) is 3. The Morgan fingerprint density at radius 1 is 1.09 bits per heavy atom. The molecule has 1 aliphatic heterocycles. The zero-order valence-electron chi connectivity index (χ0n) is 12.4. The summed E-state index contributed by atoms with van der Waals surface area (Å²) in [5.41, 5.74) is 2.40. The van der Waals surface area contributed by atoms with Crippen molar-refractivity contribution >= 4 is 12.0 Å². The number of fused-ring (bicyclic) bond motifs is 1. The summed E-state index contributed by atoms with van der Waals surface area (Å²) in [6.07, 6.45) is 3.38. The van der Waals surface area contributed by atoms with Crippen LogP contribution in [0.3, 0.4) is 0 Å². The maximum absolute atomic E-state index is 11.8. The molecule has 1 aliphatic rings. The van der Waals surface area contributed by atoms with E-state index in [1.807, 2.05) is 48.6 Å². The number of benzene rings is 2. The van der Waals surface area contributed by atoms with Gasteiger partial charge >= 0.3 is 5.97 Å². The van der Waals surface area contributed by atoms with Gasteiger partial charge in [0.25, 0.3) is 0 Å². The normalized spacial score (nSPS) is 16.5. The fourth-order valence-corrected chi connectivity index (χ4v) is 2.46. The Hall–Kier alpha value is -2.75. The maximum atomic E-state index is 11.8. The first-order chi connectivity index (χ1) is 10.7. The molecule has 22 heavy (non-hydrogen) atoms. The van der Waals surface area contributed by atoms with Gasteiger partial charge in [0.2, 0.25) is 0 Å². The van der Waals surface area contributed by atoms with E-state index in [9.17, 15) is 4.79 Å². The molecule has 1 atom stereocenters. The molecule has 0 bridgehead atoms. The molecule has 0 N–H and O–H groups in total. The molecule has 0 saturated carbocycles. The van der Waals surface area contributed by atoms with Gasteiger partial charge in [-0.2, -0.15) is 0 Å². The molecule has 0 fully saturated rings. The van der Waals surface area contributed by atoms with Crippen molar-refractivity contribution in [3.05, 3.63) is 65.2 Å². The maximum Gasteiger partial charge on any atom is 0.339 e. The molecule has 0 aliphatic carbocycles. The van der Waals surface area contributed by atoms with E-state index in [-0.39, 0.29) is 12.1 Å². The molecule has 1 unspecified atom stereocenters. The van der Waals surface area contributed by atoms with E-state index in [1.54, 1.807) is 20.3 Å². The van der Waals surface area contributed by atoms with Crippen molar-refractivity contribution in [1.29, 1.82) is 0 Å². The highest BCUT2D eigenvalue weighted by Crippen LogP contribution is 2.33. The van der Waals surface area contributed by atoms with Gasteiger partial charge in [0.15, 0.2) is 0 Å². The highest BCUT2D eigenvalue weighted by Gasteiger charge is 2.28. The summed E-state index contributed by atoms with van der Waals surface area (Å²) in [4.78, 5) is 11.8. The highest BCUT2D eigenvalue weighted by atomic mass is 16.5. The van der Waals surface area contributed by atoms with Crippen LogP contribution in [-0.2, 0) is 4.74 Å². The largest absolute Gasteiger partial charge is 0.497 e. The van der Waals surface area contributed by atoms with Crippen LogP contribution in [0.4, 0.5) is 0 Å². The summed E-state index contributed by atoms with van der Waals surface area (Å²) in [5, 5.41) is 0. The predicted octanol–water partition coefficient (Wildman–Crippen LogP) is 3.63. The topological polar surface area (TPSA) is 44.8 Å². The first-order valence-corrected chi connectivity index (χ1v) is 6.93. The first-order valence-electron chi connectivity index (χ1n) is 6.93. The van der Waals surface area contributed by atoms with E-state index in [2.05, 4.69) is 0 Å². The molecule has 2 aromatic carbocycles. The molecule has 0 saturated heterocycles. The van der Waals surface area contributed by atoms with Gasteiger partial charge < -0.3 is 14.2 Å². The lowest BCUT2D eigenvalue weighted by Crippen LogP contribution is -1.95. The van der Waals surface area contributed by atoms with Crippen LogP contribution >= 0.6 is 0 Å². The molecule has 0 radical (unpaired) electrons. The van der Waals surface area contributed by atoms with Crippen LogP contribution in [0.2, 0.25) is 0 Å². The van der Waals surface area contributed by atoms with Gasteiger partial charge in [-0.05, 0) is 24.3 Å². The van der Waals surface area contributed by atoms with Gasteiger partial charge in [-0.15, -0.1) is 0 Å². The molecule has 2 aromatic rings. The second-order valence-electron chi connectivity index (χ2n) is 4.88. The zero-order valence-corrected chi connectivity index (χ0v) is 12.4. The van der Waals surface area contributed by atoms with Crippen molar-refractivity contribution in [3.8, 4) is 11.5 Å². The van der Waals surface area contributed by atoms with Crippen LogP contribution in [0.5, 0.6) is 11.5 Å². The van der Waals surface area contributed by atoms with Crippen molar-refractivity contribution < 1.29 is 19.0 Å². The minimum atomic E-state index is -0.365. The SMILES string of the molecule is COc1ccc(/C=C/C2OC(=O)c3ccccc32)c(OC)c1. The Labute approximate surface area is 128 Å². The van der Waals surface area contributed by atoms with Gasteiger partial charge in [-0.25, -0.2) is 4.79 Å². The minimum absolute atomic E-state index is 0.285. The Bertz CT molecular complexity index is 734. The Balaban J connectivity index is 1.88. The van der Waals surface area contributed by atoms with Crippen molar-refractivity contribution in [2.45, 2.75) is 6.10 Å². The molecule has 0 spiro atoms. The lowest BCUT2D eigenvalue weighted by molar-refractivity contribution is 0.0468. The van der Waals surface area contributed by atoms with Crippen molar-refractivity contribution in [3.63, 3.8) is 0 Å². The van der Waals surface area contributed by atoms with Crippen LogP contribution in [0.25, 0.3) is 6.08 Å². The van der Waals surface area contributed by atoms with Gasteiger partial charge in [0, 0.05) is 17.2 Å². The standard InChI is InChI=1S/C18H16O4/c1-20-13-9-7-12(17(11-13)21-2)8-10-16-14-5-3-4-6-15(14)18(19)22-16/h3-11,16H,1-2H3/b10-8+. The predicted molar refractivity (Wildman–Crippen MR) is 83.2 cm³/mol. The van der Waals surface area contributed by atoms with E-state index in [4.69, 9.17) is 14.2 Å². The van der Waals surface area contributed by atoms with Crippen LogP contribution in [0.15, 0.2) is 48.5 Å². The van der Waals surface area contributed by atoms with Crippen molar-refractivity contribution in [2.75, 3.05) is 14.2 Å². The summed E-state index contributed by atoms with van der Waals surface area (Å²) < 4.78 is 15.9. The quantitative estimate of drug-likeness (QED) is 0.808. The number of carbonyl (C=O) groups is 1. The Morgan fingerprint density at radius 2 is 1.91 bits per heavy atom. The van der Waals surface area contributed by atoms with E-state index < -0.39 is 0 Å². The molecule has 4 heteroatoms. The molecular weight excluding hydrogens is 280 g/mol. The zero-order chi connectivity index (χ0) is 15.5. The summed E-state index contributed by atoms with van der Waals surface area (Å²) in [6.45, 7) is 0. The van der Waals surface area contributed by atoms with Crippen LogP contribution in [0, 0.1) is 0 Å². The lowest BCUT2D eigenvalue weighted by Gasteiger charge is -2.08. The minimum Gasteiger partial charge on any atom is -0.497 e. The average molecular weight is 296 g/mol. The van der Waals surface area contributed by atoms with Crippen molar-refractivity contribution in [1.82, 2.24) is 0 Å². The van der Waals surface area contributed by atoms with Crippen LogP contribution in [0.1, 0.15) is 27.6 Å². The van der Waals surface area contributed by atoms with E-state index >= 15 is 0 Å². The number of cyclic esters (lactones) is 1. The molecule has 3 rings (SSSR count). The van der Waals surface area contributed by atoms with Crippen LogP contribution in [-0.4, -0.2) is 20.2 Å². The fraction of sp³-hybridized carbons (Fsp3) is 0.167. The van der Waals surface area contributed by atoms with Gasteiger partial charge in [0.05, 0.1) is 19.8 Å². The number of carbonyl (C=O) groups excluding carboxylic acids is 1. The summed E-state index contributed by atoms with van der Waals surface area (Å²) in [6, 6.07) is 13.0. The summed E-state index contributed by atoms with van der Waals surface area (Å²) in [7, 11) is 3.22. The monoisotopic (exact) mass is 296 g/mol. The Morgan fingerprint density at radius 3 is 2.68 bits per heavy atom. The first kappa shape index (κ1) is 14.2. The summed E-state index contributed by atoms with van der Waals surface area (Å²) >= 11 is 0. The van der Waals surface area contributed by atoms with Gasteiger partial charge in [-0.1, -0.05) is 24.3 Å². The number of rotatable bonds is 4. The average Bonchev–Trinajstić information content (AvgIpc) is 2.89. The fourth-order valence-electron chi connectivity index (χ4n) is 2.46. The third-order valence-electron chi connectivity index (χ3n) is 3.61. The van der Waals surface area contributed by atoms with E-state index in [1.165, 1.54) is 0 Å². The number of hydrogen-bond acceptors (Lipinski definition) is 4. The second-order valence-corrected chi connectivity index (χ2v) is 4.88. The number of methoxy groups -OCH3 is 2. The highest BCUT2D eigenvalue weighted by molar-refractivity contribution is 5.94. The van der Waals surface area contributed by atoms with Crippen molar-refractivity contribution in [2.24, 2.45) is 0 Å². The number of esters is 1. The lowest BCUT2D eigenvalue weighted by atomic mass is 10.0. The Kier molecular flexibility index (Phi) is 3.83. The molecule has 0 amide bonds. The molecule has 1 heterocycles. The number of hydrogen-bond donors (Lipinski definition) is 0. The van der Waals surface area contributed by atoms with Gasteiger partial charge in [0.1, 0.15) is 17.6 Å². The third-order valence-corrected chi connectivity index (χ3v) is 3.61.